The summed E-state index contributed by atoms with van der Waals surface area (Å²) in [6.07, 6.45) is 2.74. The van der Waals surface area contributed by atoms with E-state index >= 15 is 0 Å². The first-order valence-corrected chi connectivity index (χ1v) is 6.57. The highest BCUT2D eigenvalue weighted by molar-refractivity contribution is 5.70. The zero-order valence-electron chi connectivity index (χ0n) is 11.1. The smallest absolute Gasteiger partial charge is 0.304 e. The maximum atomic E-state index is 11.2. The molecule has 0 radical (unpaired) electrons. The summed E-state index contributed by atoms with van der Waals surface area (Å²) < 4.78 is 0. The van der Waals surface area contributed by atoms with E-state index in [1.54, 1.807) is 0 Å². The third-order valence-corrected chi connectivity index (χ3v) is 4.26. The van der Waals surface area contributed by atoms with Crippen LogP contribution in [-0.4, -0.2) is 17.1 Å². The lowest BCUT2D eigenvalue weighted by Crippen LogP contribution is -2.45. The minimum atomic E-state index is -0.756. The minimum Gasteiger partial charge on any atom is -0.481 e. The summed E-state index contributed by atoms with van der Waals surface area (Å²) in [5.74, 6) is -0.756. The molecule has 2 unspecified atom stereocenters. The molecule has 0 amide bonds. The highest BCUT2D eigenvalue weighted by Gasteiger charge is 2.44. The number of carboxylic acids is 1. The molecule has 1 aromatic carbocycles. The van der Waals surface area contributed by atoms with E-state index < -0.39 is 5.97 Å². The van der Waals surface area contributed by atoms with Crippen LogP contribution in [0, 0.1) is 6.92 Å². The summed E-state index contributed by atoms with van der Waals surface area (Å²) in [5.41, 5.74) is 9.50. The Labute approximate surface area is 108 Å². The van der Waals surface area contributed by atoms with Crippen LogP contribution in [0.3, 0.4) is 0 Å². The van der Waals surface area contributed by atoms with Crippen molar-refractivity contribution in [2.45, 2.75) is 51.0 Å². The molecule has 0 spiro atoms. The average Bonchev–Trinajstić information content (AvgIpc) is 2.67. The summed E-state index contributed by atoms with van der Waals surface area (Å²) in [7, 11) is 0. The van der Waals surface area contributed by atoms with E-state index in [4.69, 9.17) is 5.73 Å². The quantitative estimate of drug-likeness (QED) is 0.858. The Bertz CT molecular complexity index is 470. The van der Waals surface area contributed by atoms with Gasteiger partial charge in [-0.05, 0) is 37.3 Å². The molecule has 98 valence electrons. The van der Waals surface area contributed by atoms with Crippen LogP contribution < -0.4 is 5.73 Å². The number of benzene rings is 1. The number of hydrogen-bond donors (Lipinski definition) is 2. The zero-order chi connectivity index (χ0) is 13.3. The van der Waals surface area contributed by atoms with E-state index in [-0.39, 0.29) is 17.9 Å². The topological polar surface area (TPSA) is 63.3 Å². The van der Waals surface area contributed by atoms with E-state index in [1.165, 1.54) is 16.7 Å². The molecule has 0 bridgehead atoms. The Morgan fingerprint density at radius 1 is 1.56 bits per heavy atom. The SMILES string of the molecule is CCC(N)C1(CC(=O)O)CCc2ccc(C)cc21. The molecule has 2 rings (SSSR count). The molecule has 2 atom stereocenters. The maximum absolute atomic E-state index is 11.2. The lowest BCUT2D eigenvalue weighted by molar-refractivity contribution is -0.138. The van der Waals surface area contributed by atoms with Crippen LogP contribution in [0.1, 0.15) is 42.9 Å². The van der Waals surface area contributed by atoms with Crippen LogP contribution in [0.15, 0.2) is 18.2 Å². The zero-order valence-corrected chi connectivity index (χ0v) is 11.1. The van der Waals surface area contributed by atoms with Crippen molar-refractivity contribution in [2.75, 3.05) is 0 Å². The fourth-order valence-electron chi connectivity index (χ4n) is 3.22. The second kappa shape index (κ2) is 4.73. The molecule has 1 aliphatic rings. The third kappa shape index (κ3) is 2.03. The third-order valence-electron chi connectivity index (χ3n) is 4.26. The Kier molecular flexibility index (Phi) is 3.44. The number of rotatable bonds is 4. The van der Waals surface area contributed by atoms with Crippen molar-refractivity contribution in [1.29, 1.82) is 0 Å². The fraction of sp³-hybridized carbons (Fsp3) is 0.533. The predicted molar refractivity (Wildman–Crippen MR) is 71.7 cm³/mol. The van der Waals surface area contributed by atoms with Crippen LogP contribution in [0.4, 0.5) is 0 Å². The summed E-state index contributed by atoms with van der Waals surface area (Å²) in [5, 5.41) is 9.22. The van der Waals surface area contributed by atoms with Gasteiger partial charge < -0.3 is 10.8 Å². The number of nitrogens with two attached hydrogens (primary N) is 1. The highest BCUT2D eigenvalue weighted by atomic mass is 16.4. The summed E-state index contributed by atoms with van der Waals surface area (Å²) in [6.45, 7) is 4.07. The Hall–Kier alpha value is -1.35. The van der Waals surface area contributed by atoms with Crippen molar-refractivity contribution in [3.05, 3.63) is 34.9 Å². The first-order chi connectivity index (χ1) is 8.49. The van der Waals surface area contributed by atoms with Crippen LogP contribution in [0.2, 0.25) is 0 Å². The van der Waals surface area contributed by atoms with Crippen LogP contribution in [-0.2, 0) is 16.6 Å². The molecular weight excluding hydrogens is 226 g/mol. The molecule has 0 fully saturated rings. The van der Waals surface area contributed by atoms with Gasteiger partial charge in [0.25, 0.3) is 0 Å². The van der Waals surface area contributed by atoms with Gasteiger partial charge in [-0.25, -0.2) is 0 Å². The number of aryl methyl sites for hydroxylation is 2. The van der Waals surface area contributed by atoms with Crippen molar-refractivity contribution in [1.82, 2.24) is 0 Å². The van der Waals surface area contributed by atoms with Crippen molar-refractivity contribution in [3.63, 3.8) is 0 Å². The lowest BCUT2D eigenvalue weighted by atomic mass is 9.71. The van der Waals surface area contributed by atoms with E-state index in [2.05, 4.69) is 18.2 Å². The van der Waals surface area contributed by atoms with E-state index in [0.717, 1.165) is 19.3 Å². The number of aliphatic carboxylic acids is 1. The van der Waals surface area contributed by atoms with Gasteiger partial charge in [0.1, 0.15) is 0 Å². The standard InChI is InChI=1S/C15H21NO2/c1-3-13(16)15(9-14(17)18)7-6-11-5-4-10(2)8-12(11)15/h4-5,8,13H,3,6-7,9,16H2,1-2H3,(H,17,18). The molecule has 3 nitrogen and oxygen atoms in total. The fourth-order valence-corrected chi connectivity index (χ4v) is 3.22. The summed E-state index contributed by atoms with van der Waals surface area (Å²) in [6, 6.07) is 6.25. The van der Waals surface area contributed by atoms with Crippen molar-refractivity contribution < 1.29 is 9.90 Å². The average molecular weight is 247 g/mol. The summed E-state index contributed by atoms with van der Waals surface area (Å²) >= 11 is 0. The van der Waals surface area contributed by atoms with Crippen molar-refractivity contribution >= 4 is 5.97 Å². The first-order valence-electron chi connectivity index (χ1n) is 6.57. The monoisotopic (exact) mass is 247 g/mol. The second-order valence-corrected chi connectivity index (χ2v) is 5.40. The number of fused-ring (bicyclic) bond motifs is 1. The summed E-state index contributed by atoms with van der Waals surface area (Å²) in [4.78, 5) is 11.2. The maximum Gasteiger partial charge on any atom is 0.304 e. The lowest BCUT2D eigenvalue weighted by Gasteiger charge is -2.35. The van der Waals surface area contributed by atoms with Gasteiger partial charge in [-0.2, -0.15) is 0 Å². The molecule has 18 heavy (non-hydrogen) atoms. The van der Waals surface area contributed by atoms with Gasteiger partial charge >= 0.3 is 5.97 Å². The van der Waals surface area contributed by atoms with Gasteiger partial charge in [-0.15, -0.1) is 0 Å². The highest BCUT2D eigenvalue weighted by Crippen LogP contribution is 2.44. The van der Waals surface area contributed by atoms with Gasteiger partial charge in [0.05, 0.1) is 6.42 Å². The van der Waals surface area contributed by atoms with Crippen LogP contribution >= 0.6 is 0 Å². The Morgan fingerprint density at radius 2 is 2.28 bits per heavy atom. The minimum absolute atomic E-state index is 0.0864. The molecule has 3 N–H and O–H groups in total. The van der Waals surface area contributed by atoms with E-state index in [1.807, 2.05) is 13.8 Å². The molecule has 0 heterocycles. The van der Waals surface area contributed by atoms with Crippen LogP contribution in [0.5, 0.6) is 0 Å². The largest absolute Gasteiger partial charge is 0.481 e. The predicted octanol–water partition coefficient (Wildman–Crippen LogP) is 2.39. The molecule has 1 aromatic rings. The first kappa shape index (κ1) is 13.1. The van der Waals surface area contributed by atoms with Crippen molar-refractivity contribution in [2.24, 2.45) is 5.73 Å². The molecule has 3 heteroatoms. The van der Waals surface area contributed by atoms with Crippen LogP contribution in [0.25, 0.3) is 0 Å². The second-order valence-electron chi connectivity index (χ2n) is 5.40. The Balaban J connectivity index is 2.51. The molecule has 0 aromatic heterocycles. The van der Waals surface area contributed by atoms with Gasteiger partial charge in [-0.1, -0.05) is 30.7 Å². The van der Waals surface area contributed by atoms with Crippen molar-refractivity contribution in [3.8, 4) is 0 Å². The van der Waals surface area contributed by atoms with Gasteiger partial charge in [-0.3, -0.25) is 4.79 Å². The number of carboxylic acid groups (broad SMARTS) is 1. The Morgan fingerprint density at radius 3 is 2.89 bits per heavy atom. The number of hydrogen-bond acceptors (Lipinski definition) is 2. The van der Waals surface area contributed by atoms with E-state index in [9.17, 15) is 9.90 Å². The van der Waals surface area contributed by atoms with Gasteiger partial charge in [0.2, 0.25) is 0 Å². The molecule has 0 saturated carbocycles. The molecular formula is C15H21NO2. The molecule has 0 saturated heterocycles. The van der Waals surface area contributed by atoms with Gasteiger partial charge in [0.15, 0.2) is 0 Å². The molecule has 0 aliphatic heterocycles. The number of carbonyl (C=O) groups is 1. The molecule has 1 aliphatic carbocycles. The van der Waals surface area contributed by atoms with E-state index in [0.29, 0.717) is 0 Å². The van der Waals surface area contributed by atoms with Gasteiger partial charge in [0, 0.05) is 11.5 Å². The normalized spacial score (nSPS) is 23.7.